The van der Waals surface area contributed by atoms with Gasteiger partial charge in [-0.1, -0.05) is 60.3 Å². The van der Waals surface area contributed by atoms with Crippen LogP contribution in [0.25, 0.3) is 0 Å². The van der Waals surface area contributed by atoms with Crippen LogP contribution in [0.3, 0.4) is 0 Å². The van der Waals surface area contributed by atoms with Crippen LogP contribution in [0, 0.1) is 10.8 Å². The minimum Gasteiger partial charge on any atom is -0.303 e. The van der Waals surface area contributed by atoms with E-state index in [1.165, 1.54) is 25.7 Å². The van der Waals surface area contributed by atoms with Gasteiger partial charge in [-0.25, -0.2) is 0 Å². The highest BCUT2D eigenvalue weighted by Gasteiger charge is 2.35. The molecule has 0 unspecified atom stereocenters. The number of rotatable bonds is 7. The molecule has 0 atom stereocenters. The summed E-state index contributed by atoms with van der Waals surface area (Å²) in [4.78, 5) is 11.0. The summed E-state index contributed by atoms with van der Waals surface area (Å²) < 4.78 is 0. The maximum Gasteiger partial charge on any atom is 0.126 e. The topological polar surface area (TPSA) is 17.1 Å². The number of aldehydes is 1. The van der Waals surface area contributed by atoms with Crippen LogP contribution >= 0.6 is 0 Å². The summed E-state index contributed by atoms with van der Waals surface area (Å²) in [5.41, 5.74) is -0.0678. The smallest absolute Gasteiger partial charge is 0.126 e. The predicted molar refractivity (Wildman–Crippen MR) is 62.4 cm³/mol. The third-order valence-corrected chi connectivity index (χ3v) is 3.69. The summed E-state index contributed by atoms with van der Waals surface area (Å²) in [5, 5.41) is 0. The van der Waals surface area contributed by atoms with E-state index < -0.39 is 0 Å². The Hall–Kier alpha value is -0.330. The first-order valence-electron chi connectivity index (χ1n) is 5.84. The van der Waals surface area contributed by atoms with E-state index in [0.29, 0.717) is 0 Å². The maximum absolute atomic E-state index is 11.0. The molecule has 0 aromatic rings. The lowest BCUT2D eigenvalue weighted by Crippen LogP contribution is -2.33. The zero-order chi connectivity index (χ0) is 11.2. The van der Waals surface area contributed by atoms with Crippen LogP contribution in [-0.4, -0.2) is 6.29 Å². The van der Waals surface area contributed by atoms with Gasteiger partial charge in [0.25, 0.3) is 0 Å². The van der Waals surface area contributed by atoms with Crippen molar-refractivity contribution in [1.82, 2.24) is 0 Å². The third kappa shape index (κ3) is 3.81. The Bertz CT molecular complexity index is 168. The Morgan fingerprint density at radius 1 is 1.00 bits per heavy atom. The molecule has 0 aromatic carbocycles. The summed E-state index contributed by atoms with van der Waals surface area (Å²) >= 11 is 0. The molecule has 0 bridgehead atoms. The van der Waals surface area contributed by atoms with Crippen LogP contribution in [0.1, 0.15) is 66.7 Å². The number of hydrogen-bond acceptors (Lipinski definition) is 1. The molecule has 0 aromatic heterocycles. The molecule has 84 valence electrons. The van der Waals surface area contributed by atoms with Crippen LogP contribution in [0.15, 0.2) is 0 Å². The van der Waals surface area contributed by atoms with Gasteiger partial charge < -0.3 is 4.79 Å². The average Bonchev–Trinajstić information content (AvgIpc) is 2.12. The highest BCUT2D eigenvalue weighted by atomic mass is 16.1. The minimum absolute atomic E-state index is 0.127. The van der Waals surface area contributed by atoms with E-state index in [2.05, 4.69) is 20.8 Å². The molecule has 0 radical (unpaired) electrons. The minimum atomic E-state index is -0.195. The zero-order valence-electron chi connectivity index (χ0n) is 10.5. The van der Waals surface area contributed by atoms with Crippen LogP contribution in [-0.2, 0) is 4.79 Å². The van der Waals surface area contributed by atoms with Crippen molar-refractivity contribution in [3.05, 3.63) is 0 Å². The first-order chi connectivity index (χ1) is 6.37. The van der Waals surface area contributed by atoms with E-state index in [9.17, 15) is 4.79 Å². The van der Waals surface area contributed by atoms with Crippen LogP contribution in [0.4, 0.5) is 0 Å². The molecule has 0 aliphatic rings. The standard InChI is InChI=1S/C13H26O/c1-6-7-8-9-10-12(2,3)13(4,5)11-14/h11H,6-10H2,1-5H3. The molecule has 0 spiro atoms. The maximum atomic E-state index is 11.0. The van der Waals surface area contributed by atoms with Crippen molar-refractivity contribution >= 4 is 6.29 Å². The first kappa shape index (κ1) is 13.7. The van der Waals surface area contributed by atoms with Crippen LogP contribution in [0.5, 0.6) is 0 Å². The largest absolute Gasteiger partial charge is 0.303 e. The lowest BCUT2D eigenvalue weighted by Gasteiger charge is -2.37. The van der Waals surface area contributed by atoms with Gasteiger partial charge in [0.2, 0.25) is 0 Å². The molecular weight excluding hydrogens is 172 g/mol. The first-order valence-corrected chi connectivity index (χ1v) is 5.84. The fraction of sp³-hybridized carbons (Fsp3) is 0.923. The fourth-order valence-electron chi connectivity index (χ4n) is 1.48. The van der Waals surface area contributed by atoms with Gasteiger partial charge in [0.15, 0.2) is 0 Å². The number of hydrogen-bond donors (Lipinski definition) is 0. The van der Waals surface area contributed by atoms with E-state index in [4.69, 9.17) is 0 Å². The number of carbonyl (C=O) groups excluding carboxylic acids is 1. The van der Waals surface area contributed by atoms with E-state index >= 15 is 0 Å². The highest BCUT2D eigenvalue weighted by molar-refractivity contribution is 5.59. The summed E-state index contributed by atoms with van der Waals surface area (Å²) in [5.74, 6) is 0. The predicted octanol–water partition coefficient (Wildman–Crippen LogP) is 4.21. The molecule has 1 heteroatoms. The molecular formula is C13H26O. The molecule has 0 aliphatic heterocycles. The molecule has 0 aliphatic carbocycles. The monoisotopic (exact) mass is 198 g/mol. The molecule has 0 saturated heterocycles. The summed E-state index contributed by atoms with van der Waals surface area (Å²) in [6, 6.07) is 0. The Kier molecular flexibility index (Phi) is 5.40. The van der Waals surface area contributed by atoms with Crippen molar-refractivity contribution in [2.75, 3.05) is 0 Å². The second-order valence-electron chi connectivity index (χ2n) is 5.53. The van der Waals surface area contributed by atoms with Gasteiger partial charge in [0.1, 0.15) is 6.29 Å². The van der Waals surface area contributed by atoms with Gasteiger partial charge in [-0.3, -0.25) is 0 Å². The molecule has 0 saturated carbocycles. The fourth-order valence-corrected chi connectivity index (χ4v) is 1.48. The Labute approximate surface area is 89.3 Å². The lowest BCUT2D eigenvalue weighted by molar-refractivity contribution is -0.120. The molecule has 0 rings (SSSR count). The highest BCUT2D eigenvalue weighted by Crippen LogP contribution is 2.40. The number of carbonyl (C=O) groups is 1. The molecule has 1 nitrogen and oxygen atoms in total. The molecule has 0 fully saturated rings. The zero-order valence-corrected chi connectivity index (χ0v) is 10.5. The van der Waals surface area contributed by atoms with Gasteiger partial charge in [-0.05, 0) is 11.8 Å². The van der Waals surface area contributed by atoms with E-state index in [1.807, 2.05) is 13.8 Å². The van der Waals surface area contributed by atoms with Crippen molar-refractivity contribution in [2.45, 2.75) is 66.7 Å². The quantitative estimate of drug-likeness (QED) is 0.442. The van der Waals surface area contributed by atoms with Gasteiger partial charge in [-0.15, -0.1) is 0 Å². The van der Waals surface area contributed by atoms with Crippen molar-refractivity contribution in [2.24, 2.45) is 10.8 Å². The van der Waals surface area contributed by atoms with Gasteiger partial charge >= 0.3 is 0 Å². The van der Waals surface area contributed by atoms with Crippen molar-refractivity contribution < 1.29 is 4.79 Å². The Morgan fingerprint density at radius 2 is 1.57 bits per heavy atom. The van der Waals surface area contributed by atoms with Crippen molar-refractivity contribution in [3.63, 3.8) is 0 Å². The van der Waals surface area contributed by atoms with Crippen molar-refractivity contribution in [1.29, 1.82) is 0 Å². The van der Waals surface area contributed by atoms with Crippen molar-refractivity contribution in [3.8, 4) is 0 Å². The SMILES string of the molecule is CCCCCCC(C)(C)C(C)(C)C=O. The Balaban J connectivity index is 4.00. The molecule has 0 N–H and O–H groups in total. The summed E-state index contributed by atoms with van der Waals surface area (Å²) in [6.07, 6.45) is 7.40. The third-order valence-electron chi connectivity index (χ3n) is 3.69. The van der Waals surface area contributed by atoms with E-state index in [0.717, 1.165) is 12.7 Å². The molecule has 0 amide bonds. The molecule has 0 heterocycles. The van der Waals surface area contributed by atoms with E-state index in [-0.39, 0.29) is 10.8 Å². The summed E-state index contributed by atoms with van der Waals surface area (Å²) in [7, 11) is 0. The Morgan fingerprint density at radius 3 is 2.00 bits per heavy atom. The lowest BCUT2D eigenvalue weighted by atomic mass is 9.66. The van der Waals surface area contributed by atoms with Gasteiger partial charge in [-0.2, -0.15) is 0 Å². The average molecular weight is 198 g/mol. The van der Waals surface area contributed by atoms with Gasteiger partial charge in [0.05, 0.1) is 0 Å². The van der Waals surface area contributed by atoms with E-state index in [1.54, 1.807) is 0 Å². The van der Waals surface area contributed by atoms with Gasteiger partial charge in [0, 0.05) is 5.41 Å². The second-order valence-corrected chi connectivity index (χ2v) is 5.53. The molecule has 14 heavy (non-hydrogen) atoms. The van der Waals surface area contributed by atoms with Crippen LogP contribution < -0.4 is 0 Å². The number of unbranched alkanes of at least 4 members (excludes halogenated alkanes) is 3. The summed E-state index contributed by atoms with van der Waals surface area (Å²) in [6.45, 7) is 10.7. The normalized spacial score (nSPS) is 12.9. The van der Waals surface area contributed by atoms with Crippen LogP contribution in [0.2, 0.25) is 0 Å². The second kappa shape index (κ2) is 5.53.